The van der Waals surface area contributed by atoms with Crippen LogP contribution in [0.25, 0.3) is 0 Å². The molecule has 0 spiro atoms. The van der Waals surface area contributed by atoms with Crippen LogP contribution in [0.15, 0.2) is 60.7 Å². The van der Waals surface area contributed by atoms with Crippen LogP contribution >= 0.6 is 0 Å². The van der Waals surface area contributed by atoms with Gasteiger partial charge in [0.2, 0.25) is 0 Å². The van der Waals surface area contributed by atoms with E-state index in [-0.39, 0.29) is 0 Å². The number of rotatable bonds is 10. The fourth-order valence-electron chi connectivity index (χ4n) is 2.43. The largest absolute Gasteiger partial charge is 0.502 e. The molecule has 0 amide bonds. The van der Waals surface area contributed by atoms with Gasteiger partial charge in [-0.25, -0.2) is 0 Å². The predicted octanol–water partition coefficient (Wildman–Crippen LogP) is 2.87. The van der Waals surface area contributed by atoms with Crippen LogP contribution in [0.3, 0.4) is 0 Å². The number of nitrogens with one attached hydrogen (secondary N) is 1. The number of para-hydroxylation sites is 1. The molecular formula is C18H26N2O3Si. The third kappa shape index (κ3) is 5.74. The van der Waals surface area contributed by atoms with Crippen LogP contribution in [0.2, 0.25) is 6.04 Å². The van der Waals surface area contributed by atoms with Crippen molar-refractivity contribution < 1.29 is 13.3 Å². The minimum Gasteiger partial charge on any atom is -0.381 e. The van der Waals surface area contributed by atoms with E-state index in [1.165, 1.54) is 5.56 Å². The van der Waals surface area contributed by atoms with Crippen LogP contribution in [-0.4, -0.2) is 35.8 Å². The quantitative estimate of drug-likeness (QED) is 0.511. The Labute approximate surface area is 145 Å². The van der Waals surface area contributed by atoms with Crippen molar-refractivity contribution in [3.05, 3.63) is 66.2 Å². The standard InChI is InChI=1S/C18H26N2O3Si/c1-21-24(22-2,14-13-16-9-5-3-6-10-16)23-18(19)15-20-17-11-7-4-8-12-17/h3-12,18,20H,13-15,19H2,1-2H3. The average Bonchev–Trinajstić information content (AvgIpc) is 2.65. The van der Waals surface area contributed by atoms with Crippen LogP contribution < -0.4 is 11.1 Å². The maximum absolute atomic E-state index is 6.12. The summed E-state index contributed by atoms with van der Waals surface area (Å²) in [6, 6.07) is 20.8. The van der Waals surface area contributed by atoms with Gasteiger partial charge in [0.15, 0.2) is 0 Å². The van der Waals surface area contributed by atoms with Crippen LogP contribution in [0, 0.1) is 0 Å². The Bertz CT molecular complexity index is 579. The molecule has 0 saturated carbocycles. The first-order valence-electron chi connectivity index (χ1n) is 8.04. The lowest BCUT2D eigenvalue weighted by Gasteiger charge is -2.29. The van der Waals surface area contributed by atoms with E-state index in [4.69, 9.17) is 19.0 Å². The Morgan fingerprint density at radius 3 is 2.12 bits per heavy atom. The molecule has 0 bridgehead atoms. The van der Waals surface area contributed by atoms with Crippen LogP contribution in [-0.2, 0) is 19.7 Å². The minimum atomic E-state index is -2.79. The summed E-state index contributed by atoms with van der Waals surface area (Å²) in [7, 11) is 0.454. The fraction of sp³-hybridized carbons (Fsp3) is 0.333. The summed E-state index contributed by atoms with van der Waals surface area (Å²) in [6.45, 7) is 0.483. The predicted molar refractivity (Wildman–Crippen MR) is 98.7 cm³/mol. The molecule has 2 aromatic carbocycles. The molecule has 24 heavy (non-hydrogen) atoms. The van der Waals surface area contributed by atoms with E-state index >= 15 is 0 Å². The molecule has 0 saturated heterocycles. The van der Waals surface area contributed by atoms with Crippen molar-refractivity contribution in [2.75, 3.05) is 26.1 Å². The van der Waals surface area contributed by atoms with Gasteiger partial charge in [-0.15, -0.1) is 0 Å². The lowest BCUT2D eigenvalue weighted by molar-refractivity contribution is 0.0629. The van der Waals surface area contributed by atoms with Gasteiger partial charge in [0, 0.05) is 26.0 Å². The summed E-state index contributed by atoms with van der Waals surface area (Å²) in [6.07, 6.45) is 0.320. The minimum absolute atomic E-state index is 0.483. The van der Waals surface area contributed by atoms with Gasteiger partial charge in [-0.3, -0.25) is 0 Å². The molecule has 2 rings (SSSR count). The first-order valence-corrected chi connectivity index (χ1v) is 9.97. The number of nitrogens with two attached hydrogens (primary N) is 1. The van der Waals surface area contributed by atoms with Gasteiger partial charge < -0.3 is 24.3 Å². The number of anilines is 1. The lowest BCUT2D eigenvalue weighted by atomic mass is 10.2. The molecule has 130 valence electrons. The second-order valence-electron chi connectivity index (χ2n) is 5.48. The zero-order chi connectivity index (χ0) is 17.3. The van der Waals surface area contributed by atoms with E-state index in [1.807, 2.05) is 48.5 Å². The number of benzene rings is 2. The van der Waals surface area contributed by atoms with Crippen molar-refractivity contribution in [3.8, 4) is 0 Å². The second-order valence-corrected chi connectivity index (χ2v) is 8.40. The third-order valence-corrected chi connectivity index (χ3v) is 6.57. The number of aryl methyl sites for hydroxylation is 1. The molecule has 3 N–H and O–H groups in total. The van der Waals surface area contributed by atoms with Crippen molar-refractivity contribution in [2.24, 2.45) is 5.73 Å². The molecule has 6 heteroatoms. The Kier molecular flexibility index (Phi) is 7.42. The van der Waals surface area contributed by atoms with Crippen molar-refractivity contribution in [2.45, 2.75) is 18.7 Å². The highest BCUT2D eigenvalue weighted by Gasteiger charge is 2.40. The van der Waals surface area contributed by atoms with Gasteiger partial charge in [0.25, 0.3) is 0 Å². The Morgan fingerprint density at radius 1 is 0.958 bits per heavy atom. The molecule has 1 atom stereocenters. The van der Waals surface area contributed by atoms with Gasteiger partial charge in [-0.2, -0.15) is 0 Å². The highest BCUT2D eigenvalue weighted by atomic mass is 28.4. The number of hydrogen-bond acceptors (Lipinski definition) is 5. The maximum Gasteiger partial charge on any atom is 0.502 e. The first-order chi connectivity index (χ1) is 11.7. The fourth-order valence-corrected chi connectivity index (χ4v) is 4.46. The highest BCUT2D eigenvalue weighted by molar-refractivity contribution is 6.60. The Morgan fingerprint density at radius 2 is 1.54 bits per heavy atom. The van der Waals surface area contributed by atoms with Crippen LogP contribution in [0.5, 0.6) is 0 Å². The van der Waals surface area contributed by atoms with Crippen molar-refractivity contribution in [3.63, 3.8) is 0 Å². The molecule has 5 nitrogen and oxygen atoms in total. The molecule has 0 fully saturated rings. The monoisotopic (exact) mass is 346 g/mol. The Balaban J connectivity index is 1.88. The molecule has 0 heterocycles. The third-order valence-electron chi connectivity index (χ3n) is 3.80. The van der Waals surface area contributed by atoms with Crippen molar-refractivity contribution in [1.82, 2.24) is 0 Å². The molecular weight excluding hydrogens is 320 g/mol. The highest BCUT2D eigenvalue weighted by Crippen LogP contribution is 2.19. The first kappa shape index (κ1) is 18.6. The smallest absolute Gasteiger partial charge is 0.381 e. The SMILES string of the molecule is CO[Si](CCc1ccccc1)(OC)OC(N)CNc1ccccc1. The summed E-state index contributed by atoms with van der Waals surface area (Å²) < 4.78 is 17.2. The van der Waals surface area contributed by atoms with Crippen LogP contribution in [0.4, 0.5) is 5.69 Å². The Hall–Kier alpha value is -1.70. The average molecular weight is 347 g/mol. The van der Waals surface area contributed by atoms with E-state index in [9.17, 15) is 0 Å². The van der Waals surface area contributed by atoms with E-state index in [2.05, 4.69) is 17.4 Å². The molecule has 1 unspecified atom stereocenters. The van der Waals surface area contributed by atoms with Gasteiger partial charge in [-0.1, -0.05) is 48.5 Å². The maximum atomic E-state index is 6.12. The normalized spacial score (nSPS) is 12.8. The van der Waals surface area contributed by atoms with Crippen LogP contribution in [0.1, 0.15) is 5.56 Å². The van der Waals surface area contributed by atoms with Gasteiger partial charge >= 0.3 is 8.80 Å². The van der Waals surface area contributed by atoms with Crippen molar-refractivity contribution in [1.29, 1.82) is 0 Å². The summed E-state index contributed by atoms with van der Waals surface area (Å²) in [5.41, 5.74) is 8.35. The van der Waals surface area contributed by atoms with Gasteiger partial charge in [-0.05, 0) is 24.1 Å². The molecule has 0 aliphatic heterocycles. The van der Waals surface area contributed by atoms with Gasteiger partial charge in [0.05, 0.1) is 6.54 Å². The van der Waals surface area contributed by atoms with E-state index in [1.54, 1.807) is 14.2 Å². The molecule has 0 aliphatic rings. The van der Waals surface area contributed by atoms with Crippen molar-refractivity contribution >= 4 is 14.5 Å². The molecule has 2 aromatic rings. The molecule has 0 aromatic heterocycles. The zero-order valence-corrected chi connectivity index (χ0v) is 15.3. The summed E-state index contributed by atoms with van der Waals surface area (Å²) in [5.74, 6) is 0. The lowest BCUT2D eigenvalue weighted by Crippen LogP contribution is -2.51. The van der Waals surface area contributed by atoms with Gasteiger partial charge in [0.1, 0.15) is 6.23 Å². The summed E-state index contributed by atoms with van der Waals surface area (Å²) >= 11 is 0. The summed E-state index contributed by atoms with van der Waals surface area (Å²) in [5, 5.41) is 3.25. The number of hydrogen-bond donors (Lipinski definition) is 2. The topological polar surface area (TPSA) is 65.7 Å². The second kappa shape index (κ2) is 9.56. The summed E-state index contributed by atoms with van der Waals surface area (Å²) in [4.78, 5) is 0. The molecule has 0 aliphatic carbocycles. The van der Waals surface area contributed by atoms with E-state index in [0.29, 0.717) is 12.6 Å². The van der Waals surface area contributed by atoms with E-state index in [0.717, 1.165) is 12.1 Å². The molecule has 0 radical (unpaired) electrons. The zero-order valence-electron chi connectivity index (χ0n) is 14.3. The van der Waals surface area contributed by atoms with E-state index < -0.39 is 15.0 Å².